The zero-order valence-corrected chi connectivity index (χ0v) is 14.7. The third kappa shape index (κ3) is 3.55. The first-order valence-corrected chi connectivity index (χ1v) is 8.80. The number of aromatic nitrogens is 2. The van der Waals surface area contributed by atoms with Crippen molar-refractivity contribution in [1.29, 1.82) is 0 Å². The summed E-state index contributed by atoms with van der Waals surface area (Å²) in [6, 6.07) is 11.8. The number of H-pyrrole nitrogens is 1. The molecule has 134 valence electrons. The molecule has 1 fully saturated rings. The summed E-state index contributed by atoms with van der Waals surface area (Å²) in [5.74, 6) is 0.616. The Balaban J connectivity index is 1.33. The summed E-state index contributed by atoms with van der Waals surface area (Å²) < 4.78 is 5.09. The average Bonchev–Trinajstić information content (AvgIpc) is 3.31. The van der Waals surface area contributed by atoms with E-state index in [1.807, 2.05) is 48.8 Å². The number of likely N-dealkylation sites (tertiary alicyclic amines) is 1. The highest BCUT2D eigenvalue weighted by Gasteiger charge is 2.24. The van der Waals surface area contributed by atoms with Crippen LogP contribution in [0.1, 0.15) is 22.3 Å². The van der Waals surface area contributed by atoms with Crippen LogP contribution in [0.5, 0.6) is 5.88 Å². The third-order valence-corrected chi connectivity index (χ3v) is 4.84. The fourth-order valence-electron chi connectivity index (χ4n) is 3.44. The normalized spacial score (nSPS) is 17.5. The molecule has 2 aromatic heterocycles. The summed E-state index contributed by atoms with van der Waals surface area (Å²) >= 11 is 0. The molecule has 26 heavy (non-hydrogen) atoms. The quantitative estimate of drug-likeness (QED) is 0.742. The van der Waals surface area contributed by atoms with Crippen molar-refractivity contribution in [1.82, 2.24) is 20.2 Å². The lowest BCUT2D eigenvalue weighted by Crippen LogP contribution is -2.36. The van der Waals surface area contributed by atoms with E-state index in [-0.39, 0.29) is 11.9 Å². The highest BCUT2D eigenvalue weighted by atomic mass is 16.5. The van der Waals surface area contributed by atoms with Crippen molar-refractivity contribution in [3.8, 4) is 5.88 Å². The number of hydrogen-bond acceptors (Lipinski definition) is 4. The van der Waals surface area contributed by atoms with E-state index in [4.69, 9.17) is 4.74 Å². The maximum atomic E-state index is 12.5. The number of fused-ring (bicyclic) bond motifs is 1. The van der Waals surface area contributed by atoms with Gasteiger partial charge in [0.05, 0.1) is 7.11 Å². The van der Waals surface area contributed by atoms with E-state index in [1.54, 1.807) is 7.11 Å². The second kappa shape index (κ2) is 7.17. The van der Waals surface area contributed by atoms with Gasteiger partial charge in [-0.05, 0) is 36.2 Å². The van der Waals surface area contributed by atoms with E-state index in [2.05, 4.69) is 20.2 Å². The molecule has 1 aliphatic heterocycles. The smallest absolute Gasteiger partial charge is 0.251 e. The van der Waals surface area contributed by atoms with Gasteiger partial charge in [0, 0.05) is 60.6 Å². The van der Waals surface area contributed by atoms with Crippen molar-refractivity contribution in [2.45, 2.75) is 19.0 Å². The van der Waals surface area contributed by atoms with Gasteiger partial charge in [0.1, 0.15) is 0 Å². The maximum absolute atomic E-state index is 12.5. The van der Waals surface area contributed by atoms with E-state index < -0.39 is 0 Å². The standard InChI is InChI=1S/C20H22N4O2/c1-26-19-5-2-14(11-22-19)12-24-9-7-17(13-24)23-20(25)16-3-4-18-15(10-16)6-8-21-18/h2-6,8,10-11,17,21H,7,9,12-13H2,1H3,(H,23,25)/t17-/m1/s1. The molecule has 1 aromatic carbocycles. The van der Waals surface area contributed by atoms with Gasteiger partial charge in [-0.25, -0.2) is 4.98 Å². The molecule has 1 amide bonds. The molecular formula is C20H22N4O2. The van der Waals surface area contributed by atoms with Gasteiger partial charge >= 0.3 is 0 Å². The highest BCUT2D eigenvalue weighted by molar-refractivity contribution is 5.98. The number of pyridine rings is 1. The van der Waals surface area contributed by atoms with E-state index in [0.717, 1.165) is 42.5 Å². The van der Waals surface area contributed by atoms with E-state index in [1.165, 1.54) is 0 Å². The summed E-state index contributed by atoms with van der Waals surface area (Å²) in [6.45, 7) is 2.65. The zero-order chi connectivity index (χ0) is 17.9. The number of carbonyl (C=O) groups is 1. The predicted molar refractivity (Wildman–Crippen MR) is 100 cm³/mol. The Morgan fingerprint density at radius 3 is 3.08 bits per heavy atom. The molecule has 1 aliphatic rings. The molecule has 3 aromatic rings. The molecule has 1 saturated heterocycles. The molecule has 1 atom stereocenters. The Morgan fingerprint density at radius 1 is 1.35 bits per heavy atom. The number of nitrogens with one attached hydrogen (secondary N) is 2. The topological polar surface area (TPSA) is 70.2 Å². The molecule has 0 aliphatic carbocycles. The van der Waals surface area contributed by atoms with Gasteiger partial charge in [0.15, 0.2) is 0 Å². The number of carbonyl (C=O) groups excluding carboxylic acids is 1. The summed E-state index contributed by atoms with van der Waals surface area (Å²) in [7, 11) is 1.61. The van der Waals surface area contributed by atoms with Crippen LogP contribution in [-0.2, 0) is 6.54 Å². The first kappa shape index (κ1) is 16.6. The SMILES string of the molecule is COc1ccc(CN2CC[C@@H](NC(=O)c3ccc4[nH]ccc4c3)C2)cn1. The molecule has 6 nitrogen and oxygen atoms in total. The lowest BCUT2D eigenvalue weighted by Gasteiger charge is -2.17. The van der Waals surface area contributed by atoms with E-state index in [9.17, 15) is 4.79 Å². The van der Waals surface area contributed by atoms with Gasteiger partial charge in [-0.15, -0.1) is 0 Å². The molecular weight excluding hydrogens is 328 g/mol. The zero-order valence-electron chi connectivity index (χ0n) is 14.7. The minimum atomic E-state index is -0.00827. The van der Waals surface area contributed by atoms with Crippen LogP contribution in [0.2, 0.25) is 0 Å². The summed E-state index contributed by atoms with van der Waals surface area (Å²) in [6.07, 6.45) is 4.69. The Bertz CT molecular complexity index is 904. The van der Waals surface area contributed by atoms with Gasteiger partial charge < -0.3 is 15.0 Å². The van der Waals surface area contributed by atoms with Crippen LogP contribution < -0.4 is 10.1 Å². The molecule has 0 spiro atoms. The predicted octanol–water partition coefficient (Wildman–Crippen LogP) is 2.58. The number of amides is 1. The maximum Gasteiger partial charge on any atom is 0.251 e. The van der Waals surface area contributed by atoms with Crippen LogP contribution in [0.3, 0.4) is 0 Å². The van der Waals surface area contributed by atoms with Crippen LogP contribution in [-0.4, -0.2) is 47.0 Å². The van der Waals surface area contributed by atoms with Crippen molar-refractivity contribution >= 4 is 16.8 Å². The van der Waals surface area contributed by atoms with Crippen molar-refractivity contribution in [3.05, 3.63) is 59.9 Å². The lowest BCUT2D eigenvalue weighted by molar-refractivity contribution is 0.0938. The number of ether oxygens (including phenoxy) is 1. The minimum absolute atomic E-state index is 0.00827. The summed E-state index contributed by atoms with van der Waals surface area (Å²) in [5, 5.41) is 4.21. The van der Waals surface area contributed by atoms with Gasteiger partial charge in [-0.2, -0.15) is 0 Å². The van der Waals surface area contributed by atoms with Crippen molar-refractivity contribution in [2.75, 3.05) is 20.2 Å². The fourth-order valence-corrected chi connectivity index (χ4v) is 3.44. The number of rotatable bonds is 5. The third-order valence-electron chi connectivity index (χ3n) is 4.84. The summed E-state index contributed by atoms with van der Waals surface area (Å²) in [5.41, 5.74) is 2.90. The molecule has 2 N–H and O–H groups in total. The Morgan fingerprint density at radius 2 is 2.27 bits per heavy atom. The molecule has 4 rings (SSSR count). The molecule has 3 heterocycles. The van der Waals surface area contributed by atoms with E-state index in [0.29, 0.717) is 11.4 Å². The number of benzene rings is 1. The first-order valence-electron chi connectivity index (χ1n) is 8.80. The second-order valence-corrected chi connectivity index (χ2v) is 6.68. The van der Waals surface area contributed by atoms with Crippen molar-refractivity contribution in [2.24, 2.45) is 0 Å². The second-order valence-electron chi connectivity index (χ2n) is 6.68. The van der Waals surface area contributed by atoms with Crippen LogP contribution >= 0.6 is 0 Å². The molecule has 0 radical (unpaired) electrons. The number of nitrogens with zero attached hydrogens (tertiary/aromatic N) is 2. The van der Waals surface area contributed by atoms with Gasteiger partial charge in [-0.1, -0.05) is 6.07 Å². The van der Waals surface area contributed by atoms with Crippen LogP contribution in [0.15, 0.2) is 48.8 Å². The lowest BCUT2D eigenvalue weighted by atomic mass is 10.1. The molecule has 0 unspecified atom stereocenters. The highest BCUT2D eigenvalue weighted by Crippen LogP contribution is 2.17. The molecule has 0 bridgehead atoms. The van der Waals surface area contributed by atoms with Gasteiger partial charge in [0.2, 0.25) is 5.88 Å². The van der Waals surface area contributed by atoms with Crippen molar-refractivity contribution < 1.29 is 9.53 Å². The Kier molecular flexibility index (Phi) is 4.58. The van der Waals surface area contributed by atoms with Gasteiger partial charge in [-0.3, -0.25) is 9.69 Å². The Labute approximate surface area is 152 Å². The average molecular weight is 350 g/mol. The number of hydrogen-bond donors (Lipinski definition) is 2. The monoisotopic (exact) mass is 350 g/mol. The fraction of sp³-hybridized carbons (Fsp3) is 0.300. The molecule has 6 heteroatoms. The number of aromatic amines is 1. The Hall–Kier alpha value is -2.86. The van der Waals surface area contributed by atoms with E-state index >= 15 is 0 Å². The largest absolute Gasteiger partial charge is 0.481 e. The van der Waals surface area contributed by atoms with Crippen LogP contribution in [0, 0.1) is 0 Å². The van der Waals surface area contributed by atoms with Crippen LogP contribution in [0.4, 0.5) is 0 Å². The minimum Gasteiger partial charge on any atom is -0.481 e. The first-order chi connectivity index (χ1) is 12.7. The van der Waals surface area contributed by atoms with Crippen molar-refractivity contribution in [3.63, 3.8) is 0 Å². The molecule has 0 saturated carbocycles. The van der Waals surface area contributed by atoms with Gasteiger partial charge in [0.25, 0.3) is 5.91 Å². The van der Waals surface area contributed by atoms with Crippen LogP contribution in [0.25, 0.3) is 10.9 Å². The number of methoxy groups -OCH3 is 1. The summed E-state index contributed by atoms with van der Waals surface area (Å²) in [4.78, 5) is 22.3.